The average Bonchev–Trinajstić information content (AvgIpc) is 2.25. The fraction of sp³-hybridized carbons (Fsp3) is 0.909. The Morgan fingerprint density at radius 1 is 1.29 bits per heavy atom. The van der Waals surface area contributed by atoms with Crippen LogP contribution in [-0.2, 0) is 4.79 Å². The Morgan fingerprint density at radius 2 is 1.88 bits per heavy atom. The Hall–Kier alpha value is -0.0300. The van der Waals surface area contributed by atoms with Crippen LogP contribution in [0.1, 0.15) is 19.3 Å². The molecule has 0 saturated carbocycles. The normalized spacial score (nSPS) is 16.8. The largest absolute Gasteiger partial charge is 0.356 e. The van der Waals surface area contributed by atoms with Gasteiger partial charge in [-0.25, -0.2) is 0 Å². The molecule has 0 unspecified atom stereocenters. The van der Waals surface area contributed by atoms with Gasteiger partial charge in [0.25, 0.3) is 0 Å². The molecule has 0 aromatic heterocycles. The molecule has 104 valence electrons. The van der Waals surface area contributed by atoms with Crippen LogP contribution in [0.3, 0.4) is 0 Å². The predicted molar refractivity (Wildman–Crippen MR) is 76.3 cm³/mol. The van der Waals surface area contributed by atoms with E-state index < -0.39 is 0 Å². The summed E-state index contributed by atoms with van der Waals surface area (Å²) < 4.78 is 0. The van der Waals surface area contributed by atoms with Gasteiger partial charge in [0.1, 0.15) is 0 Å². The van der Waals surface area contributed by atoms with Crippen LogP contribution in [0.2, 0.25) is 0 Å². The van der Waals surface area contributed by atoms with Gasteiger partial charge in [0.05, 0.1) is 0 Å². The minimum Gasteiger partial charge on any atom is -0.356 e. The van der Waals surface area contributed by atoms with E-state index in [1.54, 1.807) is 0 Å². The first kappa shape index (κ1) is 19.3. The Kier molecular flexibility index (Phi) is 12.6. The molecule has 17 heavy (non-hydrogen) atoms. The molecular formula is C11H25Cl2N3O. The molecular weight excluding hydrogens is 261 g/mol. The third-order valence-electron chi connectivity index (χ3n) is 3.03. The highest BCUT2D eigenvalue weighted by Crippen LogP contribution is 2.14. The molecule has 0 aliphatic carbocycles. The van der Waals surface area contributed by atoms with Gasteiger partial charge in [0, 0.05) is 19.5 Å². The lowest BCUT2D eigenvalue weighted by Gasteiger charge is -2.28. The van der Waals surface area contributed by atoms with E-state index >= 15 is 0 Å². The van der Waals surface area contributed by atoms with Crippen molar-refractivity contribution in [3.05, 3.63) is 0 Å². The molecule has 0 atom stereocenters. The zero-order valence-corrected chi connectivity index (χ0v) is 12.3. The van der Waals surface area contributed by atoms with Gasteiger partial charge in [-0.1, -0.05) is 0 Å². The van der Waals surface area contributed by atoms with Crippen LogP contribution < -0.4 is 10.6 Å². The molecule has 1 aliphatic heterocycles. The Morgan fingerprint density at radius 3 is 2.41 bits per heavy atom. The van der Waals surface area contributed by atoms with Gasteiger partial charge in [0.2, 0.25) is 5.91 Å². The monoisotopic (exact) mass is 285 g/mol. The number of nitrogens with one attached hydrogen (secondary N) is 2. The second-order valence-electron chi connectivity index (χ2n) is 4.40. The number of halogens is 2. The Balaban J connectivity index is 0. The third kappa shape index (κ3) is 8.66. The molecule has 0 radical (unpaired) electrons. The minimum atomic E-state index is 0. The van der Waals surface area contributed by atoms with E-state index in [9.17, 15) is 4.79 Å². The first-order chi connectivity index (χ1) is 7.22. The SMILES string of the molecule is CNCCC(=O)NCC1CCN(C)CC1.Cl.Cl. The number of hydrogen-bond acceptors (Lipinski definition) is 3. The molecule has 4 nitrogen and oxygen atoms in total. The number of amides is 1. The maximum atomic E-state index is 11.3. The Bertz CT molecular complexity index is 197. The molecule has 1 rings (SSSR count). The molecule has 6 heteroatoms. The van der Waals surface area contributed by atoms with E-state index in [0.29, 0.717) is 12.3 Å². The summed E-state index contributed by atoms with van der Waals surface area (Å²) in [5.41, 5.74) is 0. The maximum Gasteiger partial charge on any atom is 0.221 e. The number of likely N-dealkylation sites (tertiary alicyclic amines) is 1. The standard InChI is InChI=1S/C11H23N3O.2ClH/c1-12-6-3-11(15)13-9-10-4-7-14(2)8-5-10;;/h10,12H,3-9H2,1-2H3,(H,13,15);2*1H. The van der Waals surface area contributed by atoms with Crippen molar-refractivity contribution in [1.82, 2.24) is 15.5 Å². The van der Waals surface area contributed by atoms with Gasteiger partial charge >= 0.3 is 0 Å². The average molecular weight is 286 g/mol. The summed E-state index contributed by atoms with van der Waals surface area (Å²) in [5.74, 6) is 0.850. The number of hydrogen-bond donors (Lipinski definition) is 2. The zero-order valence-electron chi connectivity index (χ0n) is 10.7. The zero-order chi connectivity index (χ0) is 11.1. The number of rotatable bonds is 5. The lowest BCUT2D eigenvalue weighted by atomic mass is 9.97. The van der Waals surface area contributed by atoms with Crippen molar-refractivity contribution in [3.63, 3.8) is 0 Å². The number of carbonyl (C=O) groups excluding carboxylic acids is 1. The van der Waals surface area contributed by atoms with E-state index in [4.69, 9.17) is 0 Å². The third-order valence-corrected chi connectivity index (χ3v) is 3.03. The molecule has 1 fully saturated rings. The van der Waals surface area contributed by atoms with Crippen LogP contribution in [-0.4, -0.2) is 51.1 Å². The molecule has 0 spiro atoms. The molecule has 2 N–H and O–H groups in total. The topological polar surface area (TPSA) is 44.4 Å². The minimum absolute atomic E-state index is 0. The maximum absolute atomic E-state index is 11.3. The first-order valence-corrected chi connectivity index (χ1v) is 5.82. The van der Waals surface area contributed by atoms with Gasteiger partial charge in [-0.2, -0.15) is 0 Å². The first-order valence-electron chi connectivity index (χ1n) is 5.82. The van der Waals surface area contributed by atoms with Crippen molar-refractivity contribution in [2.75, 3.05) is 40.3 Å². The van der Waals surface area contributed by atoms with Crippen molar-refractivity contribution in [1.29, 1.82) is 0 Å². The van der Waals surface area contributed by atoms with Gasteiger partial charge < -0.3 is 15.5 Å². The quantitative estimate of drug-likeness (QED) is 0.789. The van der Waals surface area contributed by atoms with Crippen LogP contribution in [0.15, 0.2) is 0 Å². The van der Waals surface area contributed by atoms with Gasteiger partial charge in [-0.05, 0) is 45.9 Å². The summed E-state index contributed by atoms with van der Waals surface area (Å²) >= 11 is 0. The predicted octanol–water partition coefficient (Wildman–Crippen LogP) is 0.897. The van der Waals surface area contributed by atoms with Gasteiger partial charge in [-0.15, -0.1) is 24.8 Å². The molecule has 0 aromatic carbocycles. The summed E-state index contributed by atoms with van der Waals surface area (Å²) in [5, 5.41) is 5.98. The molecule has 1 heterocycles. The molecule has 1 saturated heterocycles. The van der Waals surface area contributed by atoms with Crippen LogP contribution in [0.25, 0.3) is 0 Å². The van der Waals surface area contributed by atoms with Crippen LogP contribution in [0, 0.1) is 5.92 Å². The lowest BCUT2D eigenvalue weighted by molar-refractivity contribution is -0.121. The van der Waals surface area contributed by atoms with Gasteiger partial charge in [-0.3, -0.25) is 4.79 Å². The van der Waals surface area contributed by atoms with Crippen molar-refractivity contribution < 1.29 is 4.79 Å². The highest BCUT2D eigenvalue weighted by Gasteiger charge is 2.16. The second-order valence-corrected chi connectivity index (χ2v) is 4.40. The fourth-order valence-electron chi connectivity index (χ4n) is 1.85. The van der Waals surface area contributed by atoms with E-state index in [1.807, 2.05) is 7.05 Å². The summed E-state index contributed by atoms with van der Waals surface area (Å²) in [6.07, 6.45) is 3.01. The van der Waals surface area contributed by atoms with E-state index in [2.05, 4.69) is 22.6 Å². The van der Waals surface area contributed by atoms with Gasteiger partial charge in [0.15, 0.2) is 0 Å². The van der Waals surface area contributed by atoms with Crippen molar-refractivity contribution in [3.8, 4) is 0 Å². The summed E-state index contributed by atoms with van der Waals surface area (Å²) in [6, 6.07) is 0. The smallest absolute Gasteiger partial charge is 0.221 e. The lowest BCUT2D eigenvalue weighted by Crippen LogP contribution is -2.37. The van der Waals surface area contributed by atoms with E-state index in [0.717, 1.165) is 26.2 Å². The molecule has 0 bridgehead atoms. The van der Waals surface area contributed by atoms with Crippen molar-refractivity contribution in [2.24, 2.45) is 5.92 Å². The van der Waals surface area contributed by atoms with Crippen LogP contribution in [0.4, 0.5) is 0 Å². The highest BCUT2D eigenvalue weighted by atomic mass is 35.5. The number of piperidine rings is 1. The number of carbonyl (C=O) groups is 1. The highest BCUT2D eigenvalue weighted by molar-refractivity contribution is 5.85. The fourth-order valence-corrected chi connectivity index (χ4v) is 1.85. The van der Waals surface area contributed by atoms with Crippen LogP contribution >= 0.6 is 24.8 Å². The van der Waals surface area contributed by atoms with Crippen LogP contribution in [0.5, 0.6) is 0 Å². The molecule has 0 aromatic rings. The number of nitrogens with zero attached hydrogens (tertiary/aromatic N) is 1. The summed E-state index contributed by atoms with van der Waals surface area (Å²) in [7, 11) is 4.02. The second kappa shape index (κ2) is 11.1. The van der Waals surface area contributed by atoms with E-state index in [-0.39, 0.29) is 30.7 Å². The summed E-state index contributed by atoms with van der Waals surface area (Å²) in [6.45, 7) is 3.95. The molecule has 1 aliphatic rings. The Labute approximate surface area is 117 Å². The van der Waals surface area contributed by atoms with Crippen molar-refractivity contribution >= 4 is 30.7 Å². The van der Waals surface area contributed by atoms with E-state index in [1.165, 1.54) is 12.8 Å². The van der Waals surface area contributed by atoms with Crippen molar-refractivity contribution in [2.45, 2.75) is 19.3 Å². The summed E-state index contributed by atoms with van der Waals surface area (Å²) in [4.78, 5) is 13.7. The molecule has 1 amide bonds.